The van der Waals surface area contributed by atoms with Crippen molar-refractivity contribution in [3.8, 4) is 0 Å². The van der Waals surface area contributed by atoms with E-state index in [2.05, 4.69) is 15.9 Å². The number of carbonyl (C=O) groups is 2. The highest BCUT2D eigenvalue weighted by Gasteiger charge is 2.27. The number of carbonyl (C=O) groups excluding carboxylic acids is 2. The summed E-state index contributed by atoms with van der Waals surface area (Å²) in [6.45, 7) is 7.04. The van der Waals surface area contributed by atoms with Gasteiger partial charge in [-0.05, 0) is 43.9 Å². The van der Waals surface area contributed by atoms with Crippen LogP contribution in [0.3, 0.4) is 0 Å². The van der Waals surface area contributed by atoms with Gasteiger partial charge in [-0.2, -0.15) is 0 Å². The molecule has 4 nitrogen and oxygen atoms in total. The molecule has 0 aliphatic heterocycles. The van der Waals surface area contributed by atoms with E-state index in [1.165, 1.54) is 0 Å². The Morgan fingerprint density at radius 2 is 1.91 bits per heavy atom. The van der Waals surface area contributed by atoms with Crippen molar-refractivity contribution in [3.63, 3.8) is 0 Å². The molecule has 0 aromatic heterocycles. The Balaban J connectivity index is 2.93. The van der Waals surface area contributed by atoms with Gasteiger partial charge < -0.3 is 9.47 Å². The lowest BCUT2D eigenvalue weighted by molar-refractivity contribution is -0.151. The number of rotatable bonds is 10. The Hall–Kier alpha value is -1.20. The normalized spacial score (nSPS) is 12.0. The molecular formula is C18H25BrO4. The topological polar surface area (TPSA) is 52.6 Å². The zero-order chi connectivity index (χ0) is 17.2. The van der Waals surface area contributed by atoms with Crippen molar-refractivity contribution in [2.75, 3.05) is 13.2 Å². The van der Waals surface area contributed by atoms with Crippen LogP contribution in [-0.4, -0.2) is 25.0 Å². The molecular weight excluding hydrogens is 360 g/mol. The second-order valence-electron chi connectivity index (χ2n) is 5.29. The standard InChI is InChI=1S/C18H25BrO4/c1-4-7-17(20)15(18(21)23-6-3)11-13-8-9-16(19)14(10-13)12-22-5-2/h8-10,15H,4-7,11-12H2,1-3H3. The van der Waals surface area contributed by atoms with Crippen LogP contribution in [0.25, 0.3) is 0 Å². The number of ketones is 1. The van der Waals surface area contributed by atoms with Gasteiger partial charge in [-0.1, -0.05) is 35.0 Å². The van der Waals surface area contributed by atoms with Gasteiger partial charge in [0, 0.05) is 17.5 Å². The smallest absolute Gasteiger partial charge is 0.316 e. The lowest BCUT2D eigenvalue weighted by atomic mass is 9.92. The number of Topliss-reactive ketones (excluding diaryl/α,β-unsaturated/α-hetero) is 1. The number of hydrogen-bond donors (Lipinski definition) is 0. The fourth-order valence-corrected chi connectivity index (χ4v) is 2.67. The Kier molecular flexibility index (Phi) is 9.10. The van der Waals surface area contributed by atoms with Crippen LogP contribution in [0.15, 0.2) is 22.7 Å². The number of halogens is 1. The molecule has 0 aliphatic carbocycles. The van der Waals surface area contributed by atoms with Gasteiger partial charge in [-0.3, -0.25) is 9.59 Å². The molecule has 0 amide bonds. The molecule has 0 spiro atoms. The van der Waals surface area contributed by atoms with E-state index in [0.717, 1.165) is 22.0 Å². The van der Waals surface area contributed by atoms with Gasteiger partial charge in [0.15, 0.2) is 0 Å². The summed E-state index contributed by atoms with van der Waals surface area (Å²) < 4.78 is 11.5. The molecule has 0 fully saturated rings. The van der Waals surface area contributed by atoms with E-state index < -0.39 is 11.9 Å². The van der Waals surface area contributed by atoms with Crippen LogP contribution in [0.2, 0.25) is 0 Å². The van der Waals surface area contributed by atoms with Gasteiger partial charge >= 0.3 is 5.97 Å². The maximum atomic E-state index is 12.3. The van der Waals surface area contributed by atoms with Crippen molar-refractivity contribution in [2.45, 2.75) is 46.6 Å². The summed E-state index contributed by atoms with van der Waals surface area (Å²) >= 11 is 3.50. The summed E-state index contributed by atoms with van der Waals surface area (Å²) in [7, 11) is 0. The van der Waals surface area contributed by atoms with E-state index in [1.54, 1.807) is 6.92 Å². The minimum absolute atomic E-state index is 0.0553. The third-order valence-electron chi connectivity index (χ3n) is 3.47. The summed E-state index contributed by atoms with van der Waals surface area (Å²) in [4.78, 5) is 24.4. The predicted octanol–water partition coefficient (Wildman–Crippen LogP) is 4.08. The third-order valence-corrected chi connectivity index (χ3v) is 4.24. The van der Waals surface area contributed by atoms with E-state index in [4.69, 9.17) is 9.47 Å². The average molecular weight is 385 g/mol. The number of benzene rings is 1. The maximum Gasteiger partial charge on any atom is 0.316 e. The largest absolute Gasteiger partial charge is 0.465 e. The molecule has 1 rings (SSSR count). The van der Waals surface area contributed by atoms with E-state index >= 15 is 0 Å². The third kappa shape index (κ3) is 6.43. The SMILES string of the molecule is CCCC(=O)C(Cc1ccc(Br)c(COCC)c1)C(=O)OCC. The lowest BCUT2D eigenvalue weighted by Gasteiger charge is -2.15. The molecule has 0 saturated heterocycles. The lowest BCUT2D eigenvalue weighted by Crippen LogP contribution is -2.28. The van der Waals surface area contributed by atoms with Gasteiger partial charge in [0.05, 0.1) is 13.2 Å². The molecule has 5 heteroatoms. The molecule has 0 bridgehead atoms. The number of hydrogen-bond acceptors (Lipinski definition) is 4. The molecule has 0 aliphatic rings. The Morgan fingerprint density at radius 1 is 1.17 bits per heavy atom. The van der Waals surface area contributed by atoms with Crippen molar-refractivity contribution in [3.05, 3.63) is 33.8 Å². The molecule has 23 heavy (non-hydrogen) atoms. The summed E-state index contributed by atoms with van der Waals surface area (Å²) in [5.74, 6) is -1.21. The Labute approximate surface area is 146 Å². The fourth-order valence-electron chi connectivity index (χ4n) is 2.31. The van der Waals surface area contributed by atoms with E-state index in [-0.39, 0.29) is 12.4 Å². The second-order valence-corrected chi connectivity index (χ2v) is 6.14. The quantitative estimate of drug-likeness (QED) is 0.450. The zero-order valence-corrected chi connectivity index (χ0v) is 15.6. The van der Waals surface area contributed by atoms with Crippen molar-refractivity contribution in [2.24, 2.45) is 5.92 Å². The molecule has 0 N–H and O–H groups in total. The van der Waals surface area contributed by atoms with E-state index in [0.29, 0.717) is 26.1 Å². The highest BCUT2D eigenvalue weighted by Crippen LogP contribution is 2.22. The maximum absolute atomic E-state index is 12.3. The first-order chi connectivity index (χ1) is 11.0. The zero-order valence-electron chi connectivity index (χ0n) is 14.1. The summed E-state index contributed by atoms with van der Waals surface area (Å²) in [6.07, 6.45) is 1.49. The molecule has 0 saturated carbocycles. The van der Waals surface area contributed by atoms with Crippen molar-refractivity contribution < 1.29 is 19.1 Å². The predicted molar refractivity (Wildman–Crippen MR) is 93.2 cm³/mol. The summed E-state index contributed by atoms with van der Waals surface area (Å²) in [5.41, 5.74) is 1.94. The van der Waals surface area contributed by atoms with E-state index in [1.807, 2.05) is 32.0 Å². The van der Waals surface area contributed by atoms with Crippen molar-refractivity contribution in [1.82, 2.24) is 0 Å². The van der Waals surface area contributed by atoms with Gasteiger partial charge in [-0.15, -0.1) is 0 Å². The summed E-state index contributed by atoms with van der Waals surface area (Å²) in [5, 5.41) is 0. The van der Waals surface area contributed by atoms with Gasteiger partial charge in [0.25, 0.3) is 0 Å². The summed E-state index contributed by atoms with van der Waals surface area (Å²) in [6, 6.07) is 5.83. The highest BCUT2D eigenvalue weighted by molar-refractivity contribution is 9.10. The van der Waals surface area contributed by atoms with Crippen LogP contribution in [0.5, 0.6) is 0 Å². The van der Waals surface area contributed by atoms with Gasteiger partial charge in [0.1, 0.15) is 11.7 Å². The Morgan fingerprint density at radius 3 is 2.52 bits per heavy atom. The van der Waals surface area contributed by atoms with Crippen LogP contribution in [0.4, 0.5) is 0 Å². The minimum atomic E-state index is -0.726. The van der Waals surface area contributed by atoms with Crippen LogP contribution >= 0.6 is 15.9 Å². The molecule has 0 heterocycles. The second kappa shape index (κ2) is 10.6. The average Bonchev–Trinajstić information content (AvgIpc) is 2.53. The molecule has 1 atom stereocenters. The first-order valence-electron chi connectivity index (χ1n) is 8.07. The molecule has 1 aromatic carbocycles. The van der Waals surface area contributed by atoms with Crippen LogP contribution in [0.1, 0.15) is 44.7 Å². The van der Waals surface area contributed by atoms with Crippen LogP contribution in [-0.2, 0) is 32.1 Å². The first kappa shape index (κ1) is 19.8. The van der Waals surface area contributed by atoms with Crippen LogP contribution in [0, 0.1) is 5.92 Å². The molecule has 1 unspecified atom stereocenters. The molecule has 1 aromatic rings. The van der Waals surface area contributed by atoms with Gasteiger partial charge in [-0.25, -0.2) is 0 Å². The van der Waals surface area contributed by atoms with Crippen molar-refractivity contribution in [1.29, 1.82) is 0 Å². The van der Waals surface area contributed by atoms with E-state index in [9.17, 15) is 9.59 Å². The monoisotopic (exact) mass is 384 g/mol. The Bertz CT molecular complexity index is 510. The highest BCUT2D eigenvalue weighted by atomic mass is 79.9. The first-order valence-corrected chi connectivity index (χ1v) is 8.87. The minimum Gasteiger partial charge on any atom is -0.465 e. The van der Waals surface area contributed by atoms with Gasteiger partial charge in [0.2, 0.25) is 0 Å². The molecule has 128 valence electrons. The fraction of sp³-hybridized carbons (Fsp3) is 0.556. The van der Waals surface area contributed by atoms with Crippen LogP contribution < -0.4 is 0 Å². The number of esters is 1. The number of ether oxygens (including phenoxy) is 2. The van der Waals surface area contributed by atoms with Crippen molar-refractivity contribution >= 4 is 27.7 Å². The molecule has 0 radical (unpaired) electrons.